The molecule has 0 aliphatic carbocycles. The Morgan fingerprint density at radius 3 is 1.77 bits per heavy atom. The van der Waals surface area contributed by atoms with Crippen molar-refractivity contribution in [3.8, 4) is 50.9 Å². The van der Waals surface area contributed by atoms with Crippen LogP contribution in [0.4, 0.5) is 17.1 Å². The summed E-state index contributed by atoms with van der Waals surface area (Å²) in [4.78, 5) is 6.44. The number of para-hydroxylation sites is 3. The second-order valence-electron chi connectivity index (χ2n) is 12.9. The van der Waals surface area contributed by atoms with Crippen molar-refractivity contribution < 1.29 is 9.47 Å². The average molecular weight is 670 g/mol. The number of pyridine rings is 1. The Bertz CT molecular complexity index is 2700. The number of hydrogen-bond donors (Lipinski definition) is 0. The summed E-state index contributed by atoms with van der Waals surface area (Å²) >= 11 is 0. The third-order valence-corrected chi connectivity index (χ3v) is 9.75. The lowest BCUT2D eigenvalue weighted by Crippen LogP contribution is -2.09. The van der Waals surface area contributed by atoms with E-state index in [-0.39, 0.29) is 0 Å². The highest BCUT2D eigenvalue weighted by Gasteiger charge is 2.24. The Morgan fingerprint density at radius 2 is 1.04 bits per heavy atom. The van der Waals surface area contributed by atoms with Gasteiger partial charge < -0.3 is 18.9 Å². The summed E-state index contributed by atoms with van der Waals surface area (Å²) in [6.07, 6.45) is 3.65. The quantitative estimate of drug-likeness (QED) is 0.169. The number of aromatic nitrogens is 2. The van der Waals surface area contributed by atoms with Crippen molar-refractivity contribution in [2.45, 2.75) is 0 Å². The van der Waals surface area contributed by atoms with Gasteiger partial charge in [0.1, 0.15) is 11.5 Å². The molecule has 0 saturated carbocycles. The molecule has 0 amide bonds. The summed E-state index contributed by atoms with van der Waals surface area (Å²) in [7, 11) is 0. The van der Waals surface area contributed by atoms with Crippen molar-refractivity contribution in [3.05, 3.63) is 188 Å². The monoisotopic (exact) mass is 669 g/mol. The van der Waals surface area contributed by atoms with Gasteiger partial charge in [-0.2, -0.15) is 0 Å². The molecule has 0 atom stereocenters. The summed E-state index contributed by atoms with van der Waals surface area (Å²) in [5.74, 6) is 3.31. The lowest BCUT2D eigenvalue weighted by molar-refractivity contribution is 0.476. The summed E-state index contributed by atoms with van der Waals surface area (Å²) in [6.45, 7) is 0. The van der Waals surface area contributed by atoms with Crippen LogP contribution in [-0.4, -0.2) is 9.55 Å². The van der Waals surface area contributed by atoms with Crippen molar-refractivity contribution in [1.82, 2.24) is 9.55 Å². The molecular formula is C47H31N3O2. The fraction of sp³-hybridized carbons (Fsp3) is 0. The first kappa shape index (κ1) is 29.8. The highest BCUT2D eigenvalue weighted by Crippen LogP contribution is 2.46. The summed E-state index contributed by atoms with van der Waals surface area (Å²) in [5, 5.41) is 2.43. The van der Waals surface area contributed by atoms with Crippen LogP contribution in [0.15, 0.2) is 188 Å². The minimum Gasteiger partial charge on any atom is -0.457 e. The van der Waals surface area contributed by atoms with Gasteiger partial charge in [-0.25, -0.2) is 0 Å². The number of hydrogen-bond acceptors (Lipinski definition) is 4. The number of rotatable bonds is 7. The maximum absolute atomic E-state index is 6.56. The van der Waals surface area contributed by atoms with E-state index in [1.54, 1.807) is 0 Å². The predicted molar refractivity (Wildman–Crippen MR) is 211 cm³/mol. The summed E-state index contributed by atoms with van der Waals surface area (Å²) < 4.78 is 15.0. The van der Waals surface area contributed by atoms with Gasteiger partial charge in [-0.3, -0.25) is 4.98 Å². The van der Waals surface area contributed by atoms with Gasteiger partial charge in [-0.15, -0.1) is 0 Å². The Hall–Kier alpha value is -7.11. The Morgan fingerprint density at radius 1 is 0.462 bits per heavy atom. The lowest BCUT2D eigenvalue weighted by atomic mass is 10.0. The number of anilines is 3. The van der Waals surface area contributed by atoms with Crippen LogP contribution in [0.25, 0.3) is 49.7 Å². The molecule has 0 spiro atoms. The van der Waals surface area contributed by atoms with Gasteiger partial charge in [0.15, 0.2) is 11.5 Å². The third-order valence-electron chi connectivity index (χ3n) is 9.75. The number of benzene rings is 7. The van der Waals surface area contributed by atoms with E-state index in [4.69, 9.17) is 9.47 Å². The van der Waals surface area contributed by atoms with Crippen LogP contribution in [0.5, 0.6) is 23.0 Å². The van der Waals surface area contributed by atoms with Gasteiger partial charge in [0, 0.05) is 40.2 Å². The standard InChI is InChI=1S/C47H31N3O2/c1-2-7-39(8-3-1)51-40-24-22-38(23-25-40)49(36-18-13-32(14-19-36)34-27-29-48-30-28-34)37-20-15-33(16-21-37)35-17-26-44-46(31-35)52-45-12-6-10-42-41-9-4-5-11-43(41)50(44)47(42)45/h1-31H. The van der Waals surface area contributed by atoms with Gasteiger partial charge >= 0.3 is 0 Å². The van der Waals surface area contributed by atoms with Crippen molar-refractivity contribution in [3.63, 3.8) is 0 Å². The molecule has 5 heteroatoms. The molecule has 0 radical (unpaired) electrons. The SMILES string of the molecule is c1ccc(Oc2ccc(N(c3ccc(-c4ccncc4)cc3)c3ccc(-c4ccc5c(c4)Oc4cccc6c7ccccc7n-5c46)cc3)cc2)cc1. The molecule has 7 aromatic carbocycles. The second kappa shape index (κ2) is 12.3. The van der Waals surface area contributed by atoms with Crippen LogP contribution in [0.1, 0.15) is 0 Å². The van der Waals surface area contributed by atoms with Crippen molar-refractivity contribution in [1.29, 1.82) is 0 Å². The maximum atomic E-state index is 6.56. The van der Waals surface area contributed by atoms with E-state index >= 15 is 0 Å². The molecule has 0 saturated heterocycles. The molecule has 246 valence electrons. The van der Waals surface area contributed by atoms with E-state index in [1.807, 2.05) is 67.0 Å². The van der Waals surface area contributed by atoms with Crippen LogP contribution in [0.2, 0.25) is 0 Å². The molecule has 9 aromatic rings. The van der Waals surface area contributed by atoms with Crippen LogP contribution in [0, 0.1) is 0 Å². The first-order chi connectivity index (χ1) is 25.8. The molecular weight excluding hydrogens is 639 g/mol. The fourth-order valence-corrected chi connectivity index (χ4v) is 7.28. The van der Waals surface area contributed by atoms with E-state index in [1.165, 1.54) is 16.3 Å². The number of nitrogens with zero attached hydrogens (tertiary/aromatic N) is 3. The maximum Gasteiger partial charge on any atom is 0.152 e. The molecule has 3 heterocycles. The number of ether oxygens (including phenoxy) is 2. The lowest BCUT2D eigenvalue weighted by Gasteiger charge is -2.26. The zero-order valence-electron chi connectivity index (χ0n) is 28.1. The molecule has 0 bridgehead atoms. The van der Waals surface area contributed by atoms with Crippen LogP contribution in [0.3, 0.4) is 0 Å². The molecule has 2 aromatic heterocycles. The molecule has 0 unspecified atom stereocenters. The average Bonchev–Trinajstić information content (AvgIpc) is 3.55. The van der Waals surface area contributed by atoms with E-state index in [0.717, 1.165) is 73.5 Å². The van der Waals surface area contributed by atoms with Crippen molar-refractivity contribution in [2.75, 3.05) is 4.90 Å². The number of fused-ring (bicyclic) bond motifs is 5. The topological polar surface area (TPSA) is 39.5 Å². The predicted octanol–water partition coefficient (Wildman–Crippen LogP) is 12.9. The largest absolute Gasteiger partial charge is 0.457 e. The zero-order chi connectivity index (χ0) is 34.4. The van der Waals surface area contributed by atoms with Crippen LogP contribution in [-0.2, 0) is 0 Å². The van der Waals surface area contributed by atoms with Gasteiger partial charge in [-0.05, 0) is 119 Å². The molecule has 1 aliphatic rings. The van der Waals surface area contributed by atoms with Crippen LogP contribution >= 0.6 is 0 Å². The highest BCUT2D eigenvalue weighted by atomic mass is 16.5. The first-order valence-electron chi connectivity index (χ1n) is 17.4. The van der Waals surface area contributed by atoms with Gasteiger partial charge in [0.05, 0.1) is 16.7 Å². The first-order valence-corrected chi connectivity index (χ1v) is 17.4. The van der Waals surface area contributed by atoms with E-state index in [9.17, 15) is 0 Å². The Kier molecular flexibility index (Phi) is 7.07. The Labute approximate surface area is 301 Å². The summed E-state index contributed by atoms with van der Waals surface area (Å²) in [5.41, 5.74) is 10.9. The minimum atomic E-state index is 0.782. The van der Waals surface area contributed by atoms with Crippen molar-refractivity contribution >= 4 is 38.9 Å². The van der Waals surface area contributed by atoms with Gasteiger partial charge in [-0.1, -0.05) is 78.9 Å². The van der Waals surface area contributed by atoms with Crippen molar-refractivity contribution in [2.24, 2.45) is 0 Å². The van der Waals surface area contributed by atoms with E-state index < -0.39 is 0 Å². The molecule has 10 rings (SSSR count). The Balaban J connectivity index is 1.00. The van der Waals surface area contributed by atoms with Gasteiger partial charge in [0.2, 0.25) is 0 Å². The molecule has 1 aliphatic heterocycles. The molecule has 0 N–H and O–H groups in total. The fourth-order valence-electron chi connectivity index (χ4n) is 7.28. The van der Waals surface area contributed by atoms with Crippen LogP contribution < -0.4 is 14.4 Å². The van der Waals surface area contributed by atoms with Gasteiger partial charge in [0.25, 0.3) is 0 Å². The smallest absolute Gasteiger partial charge is 0.152 e. The second-order valence-corrected chi connectivity index (χ2v) is 12.9. The normalized spacial score (nSPS) is 11.6. The summed E-state index contributed by atoms with van der Waals surface area (Å²) in [6, 6.07) is 60.9. The third kappa shape index (κ3) is 5.15. The molecule has 52 heavy (non-hydrogen) atoms. The van der Waals surface area contributed by atoms with E-state index in [0.29, 0.717) is 0 Å². The zero-order valence-corrected chi connectivity index (χ0v) is 28.1. The highest BCUT2D eigenvalue weighted by molar-refractivity contribution is 6.12. The molecule has 5 nitrogen and oxygen atoms in total. The molecule has 0 fully saturated rings. The van der Waals surface area contributed by atoms with E-state index in [2.05, 4.69) is 136 Å². The minimum absolute atomic E-state index is 0.782.